The number of anilines is 1. The van der Waals surface area contributed by atoms with E-state index in [1.807, 2.05) is 31.1 Å². The van der Waals surface area contributed by atoms with Gasteiger partial charge in [0, 0.05) is 32.4 Å². The third-order valence-electron chi connectivity index (χ3n) is 3.35. The first-order valence-electron chi connectivity index (χ1n) is 7.29. The van der Waals surface area contributed by atoms with Crippen molar-refractivity contribution < 1.29 is 4.79 Å². The van der Waals surface area contributed by atoms with Crippen molar-refractivity contribution in [1.29, 1.82) is 0 Å². The smallest absolute Gasteiger partial charge is 0.263 e. The molecule has 0 saturated heterocycles. The predicted molar refractivity (Wildman–Crippen MR) is 92.0 cm³/mol. The van der Waals surface area contributed by atoms with Gasteiger partial charge in [-0.2, -0.15) is 5.10 Å². The van der Waals surface area contributed by atoms with Crippen molar-refractivity contribution in [2.75, 3.05) is 19.0 Å². The summed E-state index contributed by atoms with van der Waals surface area (Å²) in [5, 5.41) is 10.1. The van der Waals surface area contributed by atoms with Crippen LogP contribution in [0.1, 0.15) is 20.9 Å². The van der Waals surface area contributed by atoms with Crippen molar-refractivity contribution in [2.24, 2.45) is 0 Å². The van der Waals surface area contributed by atoms with E-state index in [0.29, 0.717) is 27.9 Å². The van der Waals surface area contributed by atoms with Gasteiger partial charge in [0.1, 0.15) is 17.0 Å². The number of carbonyl (C=O) groups is 1. The molecule has 0 aliphatic rings. The van der Waals surface area contributed by atoms with Gasteiger partial charge in [0.25, 0.3) is 5.91 Å². The molecule has 0 spiro atoms. The molecular formula is C15H17N7OS. The lowest BCUT2D eigenvalue weighted by Crippen LogP contribution is -2.24. The Bertz CT molecular complexity index is 841. The second-order valence-electron chi connectivity index (χ2n) is 5.33. The summed E-state index contributed by atoms with van der Waals surface area (Å²) in [6, 6.07) is 3.80. The molecule has 1 amide bonds. The Morgan fingerprint density at radius 2 is 2.21 bits per heavy atom. The van der Waals surface area contributed by atoms with E-state index >= 15 is 0 Å². The van der Waals surface area contributed by atoms with Crippen LogP contribution in [0.2, 0.25) is 0 Å². The molecule has 3 aromatic heterocycles. The van der Waals surface area contributed by atoms with Gasteiger partial charge in [-0.1, -0.05) is 6.07 Å². The molecule has 0 unspecified atom stereocenters. The molecule has 0 radical (unpaired) electrons. The van der Waals surface area contributed by atoms with Gasteiger partial charge in [0.15, 0.2) is 10.8 Å². The molecule has 124 valence electrons. The number of nitrogens with zero attached hydrogens (tertiary/aromatic N) is 5. The summed E-state index contributed by atoms with van der Waals surface area (Å²) in [6.07, 6.45) is 3.15. The number of nitrogens with one attached hydrogen (secondary N) is 2. The Labute approximate surface area is 143 Å². The van der Waals surface area contributed by atoms with Crippen molar-refractivity contribution in [3.63, 3.8) is 0 Å². The van der Waals surface area contributed by atoms with E-state index in [1.165, 1.54) is 17.7 Å². The summed E-state index contributed by atoms with van der Waals surface area (Å²) >= 11 is 1.29. The second kappa shape index (κ2) is 6.75. The zero-order valence-electron chi connectivity index (χ0n) is 13.6. The van der Waals surface area contributed by atoms with Gasteiger partial charge in [-0.3, -0.25) is 9.89 Å². The Morgan fingerprint density at radius 3 is 2.92 bits per heavy atom. The van der Waals surface area contributed by atoms with Crippen LogP contribution in [0.25, 0.3) is 10.8 Å². The molecule has 0 saturated carbocycles. The van der Waals surface area contributed by atoms with E-state index in [9.17, 15) is 4.79 Å². The first-order chi connectivity index (χ1) is 11.6. The quantitative estimate of drug-likeness (QED) is 0.730. The molecule has 3 aromatic rings. The lowest BCUT2D eigenvalue weighted by molar-refractivity contribution is 0.0954. The fourth-order valence-corrected chi connectivity index (χ4v) is 3.17. The minimum atomic E-state index is -0.163. The standard InChI is InChI=1S/C15H17N7OS/c1-9-11(24-15(20-9)12-18-8-19-21-12)14(23)17-7-10-5-4-6-16-13(10)22(2)3/h4-6,8H,7H2,1-3H3,(H,17,23)(H,18,19,21). The lowest BCUT2D eigenvalue weighted by Gasteiger charge is -2.15. The van der Waals surface area contributed by atoms with E-state index in [2.05, 4.69) is 30.5 Å². The Hall–Kier alpha value is -2.81. The summed E-state index contributed by atoms with van der Waals surface area (Å²) in [5.74, 6) is 1.23. The van der Waals surface area contributed by atoms with Gasteiger partial charge < -0.3 is 10.2 Å². The summed E-state index contributed by atoms with van der Waals surface area (Å²) < 4.78 is 0. The van der Waals surface area contributed by atoms with E-state index in [0.717, 1.165) is 11.4 Å². The predicted octanol–water partition coefficient (Wildman–Crippen LogP) is 1.63. The van der Waals surface area contributed by atoms with Gasteiger partial charge in [-0.05, 0) is 13.0 Å². The highest BCUT2D eigenvalue weighted by atomic mass is 32.1. The molecule has 8 nitrogen and oxygen atoms in total. The van der Waals surface area contributed by atoms with Crippen LogP contribution in [-0.2, 0) is 6.54 Å². The number of aryl methyl sites for hydroxylation is 1. The lowest BCUT2D eigenvalue weighted by atomic mass is 10.2. The topological polar surface area (TPSA) is 99.7 Å². The maximum atomic E-state index is 12.5. The molecule has 0 aliphatic heterocycles. The zero-order chi connectivity index (χ0) is 17.1. The molecule has 3 heterocycles. The van der Waals surface area contributed by atoms with Crippen LogP contribution in [0.15, 0.2) is 24.7 Å². The average molecular weight is 343 g/mol. The number of thiazole rings is 1. The Balaban J connectivity index is 1.74. The average Bonchev–Trinajstić information content (AvgIpc) is 3.22. The van der Waals surface area contributed by atoms with Crippen LogP contribution in [-0.4, -0.2) is 45.2 Å². The van der Waals surface area contributed by atoms with Gasteiger partial charge in [0.05, 0.1) is 5.69 Å². The molecular weight excluding hydrogens is 326 g/mol. The first kappa shape index (κ1) is 16.1. The molecule has 2 N–H and O–H groups in total. The van der Waals surface area contributed by atoms with Gasteiger partial charge in [0.2, 0.25) is 0 Å². The van der Waals surface area contributed by atoms with Crippen molar-refractivity contribution >= 4 is 23.1 Å². The van der Waals surface area contributed by atoms with Crippen LogP contribution in [0.3, 0.4) is 0 Å². The van der Waals surface area contributed by atoms with Gasteiger partial charge in [-0.15, -0.1) is 11.3 Å². The number of hydrogen-bond donors (Lipinski definition) is 2. The normalized spacial score (nSPS) is 10.6. The molecule has 3 rings (SSSR count). The Kier molecular flexibility index (Phi) is 4.52. The van der Waals surface area contributed by atoms with E-state index < -0.39 is 0 Å². The van der Waals surface area contributed by atoms with E-state index in [4.69, 9.17) is 0 Å². The van der Waals surface area contributed by atoms with Crippen molar-refractivity contribution in [2.45, 2.75) is 13.5 Å². The summed E-state index contributed by atoms with van der Waals surface area (Å²) in [5.41, 5.74) is 1.62. The fraction of sp³-hybridized carbons (Fsp3) is 0.267. The number of hydrogen-bond acceptors (Lipinski definition) is 7. The molecule has 0 atom stereocenters. The van der Waals surface area contributed by atoms with Crippen LogP contribution >= 0.6 is 11.3 Å². The van der Waals surface area contributed by atoms with E-state index in [-0.39, 0.29) is 5.91 Å². The molecule has 9 heteroatoms. The van der Waals surface area contributed by atoms with Crippen LogP contribution in [0.4, 0.5) is 5.82 Å². The molecule has 0 aromatic carbocycles. The number of rotatable bonds is 5. The van der Waals surface area contributed by atoms with Gasteiger partial charge in [-0.25, -0.2) is 15.0 Å². The minimum absolute atomic E-state index is 0.163. The number of carbonyl (C=O) groups excluding carboxylic acids is 1. The summed E-state index contributed by atoms with van der Waals surface area (Å²) in [6.45, 7) is 2.20. The Morgan fingerprint density at radius 1 is 1.38 bits per heavy atom. The second-order valence-corrected chi connectivity index (χ2v) is 6.33. The van der Waals surface area contributed by atoms with Crippen LogP contribution in [0, 0.1) is 6.92 Å². The minimum Gasteiger partial charge on any atom is -0.362 e. The van der Waals surface area contributed by atoms with Gasteiger partial charge >= 0.3 is 0 Å². The van der Waals surface area contributed by atoms with E-state index in [1.54, 1.807) is 13.1 Å². The fourth-order valence-electron chi connectivity index (χ4n) is 2.24. The molecule has 0 fully saturated rings. The largest absolute Gasteiger partial charge is 0.362 e. The third-order valence-corrected chi connectivity index (χ3v) is 4.51. The van der Waals surface area contributed by atoms with Crippen molar-refractivity contribution in [3.8, 4) is 10.8 Å². The summed E-state index contributed by atoms with van der Waals surface area (Å²) in [7, 11) is 3.84. The highest BCUT2D eigenvalue weighted by Crippen LogP contribution is 2.25. The first-order valence-corrected chi connectivity index (χ1v) is 8.10. The van der Waals surface area contributed by atoms with Crippen molar-refractivity contribution in [3.05, 3.63) is 40.8 Å². The number of H-pyrrole nitrogens is 1. The number of amides is 1. The molecule has 0 bridgehead atoms. The molecule has 0 aliphatic carbocycles. The number of aromatic nitrogens is 5. The van der Waals surface area contributed by atoms with Crippen molar-refractivity contribution in [1.82, 2.24) is 30.5 Å². The monoisotopic (exact) mass is 343 g/mol. The van der Waals surface area contributed by atoms with Crippen LogP contribution in [0.5, 0.6) is 0 Å². The van der Waals surface area contributed by atoms with Crippen LogP contribution < -0.4 is 10.2 Å². The maximum Gasteiger partial charge on any atom is 0.263 e. The molecule has 24 heavy (non-hydrogen) atoms. The SMILES string of the molecule is Cc1nc(-c2ncn[nH]2)sc1C(=O)NCc1cccnc1N(C)C. The third kappa shape index (κ3) is 3.25. The number of pyridine rings is 1. The highest BCUT2D eigenvalue weighted by molar-refractivity contribution is 7.17. The summed E-state index contributed by atoms with van der Waals surface area (Å²) in [4.78, 5) is 27.7. The number of aromatic amines is 1. The highest BCUT2D eigenvalue weighted by Gasteiger charge is 2.18. The zero-order valence-corrected chi connectivity index (χ0v) is 14.4. The maximum absolute atomic E-state index is 12.5.